The zero-order valence-electron chi connectivity index (χ0n) is 10.2. The Morgan fingerprint density at radius 2 is 2.17 bits per heavy atom. The fraction of sp³-hybridized carbons (Fsp3) is 0.143. The van der Waals surface area contributed by atoms with Crippen LogP contribution in [0.4, 0.5) is 5.82 Å². The largest absolute Gasteiger partial charge is 0.364 e. The molecular formula is C14H14N4. The monoisotopic (exact) mass is 238 g/mol. The van der Waals surface area contributed by atoms with E-state index in [9.17, 15) is 0 Å². The van der Waals surface area contributed by atoms with Crippen LogP contribution in [0.15, 0.2) is 48.9 Å². The molecule has 0 bridgehead atoms. The highest BCUT2D eigenvalue weighted by molar-refractivity contribution is 5.44. The molecule has 0 unspecified atom stereocenters. The number of hydrogen-bond donors (Lipinski definition) is 1. The first-order valence-corrected chi connectivity index (χ1v) is 5.91. The van der Waals surface area contributed by atoms with Crippen LogP contribution in [-0.4, -0.2) is 14.4 Å². The molecule has 0 amide bonds. The van der Waals surface area contributed by atoms with Gasteiger partial charge in [-0.3, -0.25) is 0 Å². The van der Waals surface area contributed by atoms with Crippen molar-refractivity contribution >= 4 is 11.5 Å². The van der Waals surface area contributed by atoms with Crippen molar-refractivity contribution in [1.82, 2.24) is 14.4 Å². The maximum atomic E-state index is 4.53. The molecule has 90 valence electrons. The van der Waals surface area contributed by atoms with Crippen LogP contribution in [0.5, 0.6) is 0 Å². The second-order valence-corrected chi connectivity index (χ2v) is 4.22. The van der Waals surface area contributed by atoms with E-state index in [-0.39, 0.29) is 0 Å². The molecule has 3 rings (SSSR count). The standard InChI is InChI=1S/C14H14N4/c1-11-5-4-7-15-14(11)16-9-12-10-18-8-3-2-6-13(18)17-12/h2-8,10H,9H2,1H3,(H,15,16). The van der Waals surface area contributed by atoms with Crippen molar-refractivity contribution in [3.63, 3.8) is 0 Å². The molecule has 0 radical (unpaired) electrons. The van der Waals surface area contributed by atoms with Crippen LogP contribution >= 0.6 is 0 Å². The highest BCUT2D eigenvalue weighted by Gasteiger charge is 2.02. The first-order chi connectivity index (χ1) is 8.83. The Kier molecular flexibility index (Phi) is 2.68. The molecule has 0 saturated heterocycles. The van der Waals surface area contributed by atoms with Crippen molar-refractivity contribution in [1.29, 1.82) is 0 Å². The quantitative estimate of drug-likeness (QED) is 0.762. The van der Waals surface area contributed by atoms with Crippen LogP contribution in [0, 0.1) is 6.92 Å². The average molecular weight is 238 g/mol. The van der Waals surface area contributed by atoms with E-state index in [1.807, 2.05) is 54.0 Å². The van der Waals surface area contributed by atoms with Gasteiger partial charge in [-0.1, -0.05) is 12.1 Å². The smallest absolute Gasteiger partial charge is 0.137 e. The van der Waals surface area contributed by atoms with Crippen LogP contribution < -0.4 is 5.32 Å². The van der Waals surface area contributed by atoms with Gasteiger partial charge in [-0.05, 0) is 30.7 Å². The summed E-state index contributed by atoms with van der Waals surface area (Å²) in [5.74, 6) is 0.912. The van der Waals surface area contributed by atoms with E-state index < -0.39 is 0 Å². The Hall–Kier alpha value is -2.36. The molecule has 0 saturated carbocycles. The maximum absolute atomic E-state index is 4.53. The van der Waals surface area contributed by atoms with E-state index in [0.29, 0.717) is 6.54 Å². The van der Waals surface area contributed by atoms with Gasteiger partial charge in [0.15, 0.2) is 0 Å². The van der Waals surface area contributed by atoms with Crippen LogP contribution in [-0.2, 0) is 6.54 Å². The van der Waals surface area contributed by atoms with E-state index in [4.69, 9.17) is 0 Å². The number of pyridine rings is 2. The van der Waals surface area contributed by atoms with Gasteiger partial charge in [-0.25, -0.2) is 9.97 Å². The molecule has 4 heteroatoms. The number of nitrogens with one attached hydrogen (secondary N) is 1. The Bertz CT molecular complexity index is 639. The molecule has 3 heterocycles. The lowest BCUT2D eigenvalue weighted by atomic mass is 10.3. The molecule has 0 fully saturated rings. The minimum atomic E-state index is 0.680. The number of anilines is 1. The number of aryl methyl sites for hydroxylation is 1. The lowest BCUT2D eigenvalue weighted by Crippen LogP contribution is -2.02. The first-order valence-electron chi connectivity index (χ1n) is 5.91. The summed E-state index contributed by atoms with van der Waals surface area (Å²) in [7, 11) is 0. The molecule has 0 aromatic carbocycles. The van der Waals surface area contributed by atoms with Crippen LogP contribution in [0.2, 0.25) is 0 Å². The topological polar surface area (TPSA) is 42.2 Å². The van der Waals surface area contributed by atoms with E-state index >= 15 is 0 Å². The molecule has 3 aromatic heterocycles. The second kappa shape index (κ2) is 4.49. The third-order valence-electron chi connectivity index (χ3n) is 2.86. The molecule has 0 atom stereocenters. The SMILES string of the molecule is Cc1cccnc1NCc1cn2ccccc2n1. The lowest BCUT2D eigenvalue weighted by molar-refractivity contribution is 1.05. The maximum Gasteiger partial charge on any atom is 0.137 e. The molecule has 1 N–H and O–H groups in total. The average Bonchev–Trinajstić information content (AvgIpc) is 2.80. The minimum absolute atomic E-state index is 0.680. The Morgan fingerprint density at radius 3 is 3.00 bits per heavy atom. The highest BCUT2D eigenvalue weighted by Crippen LogP contribution is 2.11. The predicted molar refractivity (Wildman–Crippen MR) is 71.5 cm³/mol. The Balaban J connectivity index is 1.79. The number of aromatic nitrogens is 3. The van der Waals surface area contributed by atoms with Gasteiger partial charge >= 0.3 is 0 Å². The molecular weight excluding hydrogens is 224 g/mol. The zero-order chi connectivity index (χ0) is 12.4. The second-order valence-electron chi connectivity index (χ2n) is 4.22. The normalized spacial score (nSPS) is 10.7. The third kappa shape index (κ3) is 2.05. The van der Waals surface area contributed by atoms with Crippen LogP contribution in [0.3, 0.4) is 0 Å². The third-order valence-corrected chi connectivity index (χ3v) is 2.86. The molecule has 0 aliphatic carbocycles. The molecule has 0 aliphatic rings. The van der Waals surface area contributed by atoms with Gasteiger partial charge in [-0.2, -0.15) is 0 Å². The van der Waals surface area contributed by atoms with Crippen LogP contribution in [0.1, 0.15) is 11.3 Å². The van der Waals surface area contributed by atoms with Crippen molar-refractivity contribution in [2.24, 2.45) is 0 Å². The van der Waals surface area contributed by atoms with Gasteiger partial charge < -0.3 is 9.72 Å². The van der Waals surface area contributed by atoms with Gasteiger partial charge in [0.05, 0.1) is 12.2 Å². The van der Waals surface area contributed by atoms with E-state index in [2.05, 4.69) is 15.3 Å². The summed E-state index contributed by atoms with van der Waals surface area (Å²) >= 11 is 0. The number of imidazole rings is 1. The summed E-state index contributed by atoms with van der Waals surface area (Å²) in [5.41, 5.74) is 3.11. The Morgan fingerprint density at radius 1 is 1.22 bits per heavy atom. The number of nitrogens with zero attached hydrogens (tertiary/aromatic N) is 3. The molecule has 18 heavy (non-hydrogen) atoms. The van der Waals surface area contributed by atoms with Crippen molar-refractivity contribution in [3.05, 3.63) is 60.2 Å². The van der Waals surface area contributed by atoms with Crippen LogP contribution in [0.25, 0.3) is 5.65 Å². The van der Waals surface area contributed by atoms with Gasteiger partial charge in [0.25, 0.3) is 0 Å². The van der Waals surface area contributed by atoms with E-state index in [0.717, 1.165) is 22.7 Å². The summed E-state index contributed by atoms with van der Waals surface area (Å²) < 4.78 is 2.02. The molecule has 0 aliphatic heterocycles. The summed E-state index contributed by atoms with van der Waals surface area (Å²) in [6.45, 7) is 2.72. The summed E-state index contributed by atoms with van der Waals surface area (Å²) in [4.78, 5) is 8.83. The van der Waals surface area contributed by atoms with Crippen molar-refractivity contribution in [3.8, 4) is 0 Å². The van der Waals surface area contributed by atoms with Gasteiger partial charge in [-0.15, -0.1) is 0 Å². The summed E-state index contributed by atoms with van der Waals surface area (Å²) in [6, 6.07) is 9.96. The predicted octanol–water partition coefficient (Wildman–Crippen LogP) is 2.65. The van der Waals surface area contributed by atoms with Gasteiger partial charge in [0, 0.05) is 18.6 Å². The van der Waals surface area contributed by atoms with Crippen molar-refractivity contribution in [2.45, 2.75) is 13.5 Å². The number of hydrogen-bond acceptors (Lipinski definition) is 3. The summed E-state index contributed by atoms with van der Waals surface area (Å²) in [5, 5.41) is 3.30. The molecule has 0 spiro atoms. The van der Waals surface area contributed by atoms with Crippen molar-refractivity contribution < 1.29 is 0 Å². The summed E-state index contributed by atoms with van der Waals surface area (Å²) in [6.07, 6.45) is 5.82. The van der Waals surface area contributed by atoms with Gasteiger partial charge in [0.2, 0.25) is 0 Å². The highest BCUT2D eigenvalue weighted by atomic mass is 15.0. The molecule has 3 aromatic rings. The van der Waals surface area contributed by atoms with Gasteiger partial charge in [0.1, 0.15) is 11.5 Å². The van der Waals surface area contributed by atoms with E-state index in [1.165, 1.54) is 0 Å². The Labute approximate surface area is 105 Å². The molecule has 4 nitrogen and oxygen atoms in total. The fourth-order valence-electron chi connectivity index (χ4n) is 1.92. The zero-order valence-corrected chi connectivity index (χ0v) is 10.2. The van der Waals surface area contributed by atoms with E-state index in [1.54, 1.807) is 6.20 Å². The minimum Gasteiger partial charge on any atom is -0.364 e. The fourth-order valence-corrected chi connectivity index (χ4v) is 1.92. The number of rotatable bonds is 3. The number of fused-ring (bicyclic) bond motifs is 1. The first kappa shape index (κ1) is 10.8. The van der Waals surface area contributed by atoms with Crippen molar-refractivity contribution in [2.75, 3.05) is 5.32 Å². The lowest BCUT2D eigenvalue weighted by Gasteiger charge is -2.05.